The van der Waals surface area contributed by atoms with Crippen LogP contribution in [0.15, 0.2) is 36.5 Å². The van der Waals surface area contributed by atoms with Gasteiger partial charge in [0, 0.05) is 48.6 Å². The maximum atomic E-state index is 13.1. The number of likely N-dealkylation sites (N-methyl/N-ethyl adjacent to an activating group) is 1. The van der Waals surface area contributed by atoms with E-state index >= 15 is 0 Å². The van der Waals surface area contributed by atoms with Crippen LogP contribution in [0.5, 0.6) is 0 Å². The van der Waals surface area contributed by atoms with E-state index in [1.807, 2.05) is 39.1 Å². The van der Waals surface area contributed by atoms with Gasteiger partial charge in [0.1, 0.15) is 0 Å². The normalized spacial score (nSPS) is 11.7. The molecule has 162 valence electrons. The molecule has 0 aliphatic heterocycles. The lowest BCUT2D eigenvalue weighted by atomic mass is 10.1. The van der Waals surface area contributed by atoms with Gasteiger partial charge < -0.3 is 14.8 Å². The highest BCUT2D eigenvalue weighted by atomic mass is 16.1. The van der Waals surface area contributed by atoms with Crippen molar-refractivity contribution in [3.63, 3.8) is 0 Å². The summed E-state index contributed by atoms with van der Waals surface area (Å²) in [5.41, 5.74) is 4.88. The van der Waals surface area contributed by atoms with Gasteiger partial charge in [-0.25, -0.2) is 4.98 Å². The summed E-state index contributed by atoms with van der Waals surface area (Å²) >= 11 is 0. The Morgan fingerprint density at radius 2 is 1.90 bits per heavy atom. The number of aromatic nitrogens is 4. The van der Waals surface area contributed by atoms with Crippen molar-refractivity contribution in [1.82, 2.24) is 24.2 Å². The van der Waals surface area contributed by atoms with Crippen LogP contribution in [0.3, 0.4) is 0 Å². The second-order valence-corrected chi connectivity index (χ2v) is 7.98. The third kappa shape index (κ3) is 4.05. The molecule has 1 aromatic carbocycles. The van der Waals surface area contributed by atoms with Crippen molar-refractivity contribution < 1.29 is 4.79 Å². The SMILES string of the molecule is CCN(CC)CCn1ccc2cc(NC(=O)c3cc(C)nc4c3c(C)nn4C)ccc21. The van der Waals surface area contributed by atoms with Crippen molar-refractivity contribution in [2.24, 2.45) is 7.05 Å². The van der Waals surface area contributed by atoms with Crippen molar-refractivity contribution in [1.29, 1.82) is 0 Å². The van der Waals surface area contributed by atoms with E-state index in [2.05, 4.69) is 57.0 Å². The highest BCUT2D eigenvalue weighted by molar-refractivity contribution is 6.13. The van der Waals surface area contributed by atoms with Gasteiger partial charge in [0.25, 0.3) is 5.91 Å². The van der Waals surface area contributed by atoms with E-state index < -0.39 is 0 Å². The third-order valence-corrected chi connectivity index (χ3v) is 5.92. The Morgan fingerprint density at radius 1 is 1.13 bits per heavy atom. The topological polar surface area (TPSA) is 68.0 Å². The number of anilines is 1. The number of carbonyl (C=O) groups excluding carboxylic acids is 1. The number of hydrogen-bond donors (Lipinski definition) is 1. The van der Waals surface area contributed by atoms with Crippen molar-refractivity contribution in [2.75, 3.05) is 25.0 Å². The molecule has 0 saturated heterocycles. The fraction of sp³-hybridized carbons (Fsp3) is 0.375. The molecule has 1 N–H and O–H groups in total. The molecule has 4 rings (SSSR count). The van der Waals surface area contributed by atoms with E-state index in [0.29, 0.717) is 5.56 Å². The second kappa shape index (κ2) is 8.51. The zero-order valence-electron chi connectivity index (χ0n) is 18.9. The van der Waals surface area contributed by atoms with Crippen LogP contribution in [0.4, 0.5) is 5.69 Å². The average Bonchev–Trinajstić information content (AvgIpc) is 3.28. The lowest BCUT2D eigenvalue weighted by molar-refractivity contribution is 0.102. The van der Waals surface area contributed by atoms with Crippen LogP contribution in [-0.2, 0) is 13.6 Å². The van der Waals surface area contributed by atoms with Gasteiger partial charge in [0.15, 0.2) is 5.65 Å². The number of hydrogen-bond acceptors (Lipinski definition) is 4. The number of fused-ring (bicyclic) bond motifs is 2. The van der Waals surface area contributed by atoms with Gasteiger partial charge in [-0.2, -0.15) is 5.10 Å². The molecule has 31 heavy (non-hydrogen) atoms. The van der Waals surface area contributed by atoms with E-state index in [-0.39, 0.29) is 5.91 Å². The van der Waals surface area contributed by atoms with Gasteiger partial charge in [0.05, 0.1) is 16.6 Å². The van der Waals surface area contributed by atoms with E-state index in [1.54, 1.807) is 4.68 Å². The zero-order chi connectivity index (χ0) is 22.1. The van der Waals surface area contributed by atoms with E-state index in [4.69, 9.17) is 0 Å². The molecular formula is C24H30N6O. The fourth-order valence-corrected chi connectivity index (χ4v) is 4.21. The van der Waals surface area contributed by atoms with E-state index in [9.17, 15) is 4.79 Å². The Kier molecular flexibility index (Phi) is 5.78. The van der Waals surface area contributed by atoms with Crippen LogP contribution in [0.25, 0.3) is 21.9 Å². The number of pyridine rings is 1. The molecule has 1 amide bonds. The number of nitrogens with one attached hydrogen (secondary N) is 1. The van der Waals surface area contributed by atoms with Crippen LogP contribution < -0.4 is 5.32 Å². The maximum Gasteiger partial charge on any atom is 0.256 e. The number of rotatable bonds is 7. The first-order chi connectivity index (χ1) is 14.9. The Balaban J connectivity index is 1.58. The fourth-order valence-electron chi connectivity index (χ4n) is 4.21. The molecule has 4 aromatic rings. The number of aryl methyl sites for hydroxylation is 3. The van der Waals surface area contributed by atoms with Crippen LogP contribution in [0.1, 0.15) is 35.6 Å². The first-order valence-electron chi connectivity index (χ1n) is 10.8. The number of carbonyl (C=O) groups is 1. The van der Waals surface area contributed by atoms with Crippen molar-refractivity contribution in [3.05, 3.63) is 53.5 Å². The van der Waals surface area contributed by atoms with Crippen LogP contribution in [-0.4, -0.2) is 49.8 Å². The maximum absolute atomic E-state index is 13.1. The minimum absolute atomic E-state index is 0.146. The molecule has 0 spiro atoms. The minimum atomic E-state index is -0.146. The first-order valence-corrected chi connectivity index (χ1v) is 10.8. The summed E-state index contributed by atoms with van der Waals surface area (Å²) in [7, 11) is 1.85. The lowest BCUT2D eigenvalue weighted by Gasteiger charge is -2.18. The Morgan fingerprint density at radius 3 is 2.65 bits per heavy atom. The molecule has 3 aromatic heterocycles. The largest absolute Gasteiger partial charge is 0.346 e. The molecule has 0 saturated carbocycles. The molecular weight excluding hydrogens is 388 g/mol. The molecule has 0 aliphatic rings. The summed E-state index contributed by atoms with van der Waals surface area (Å²) in [6, 6.07) is 10.0. The number of nitrogens with zero attached hydrogens (tertiary/aromatic N) is 5. The van der Waals surface area contributed by atoms with Crippen LogP contribution in [0.2, 0.25) is 0 Å². The highest BCUT2D eigenvalue weighted by Crippen LogP contribution is 2.25. The van der Waals surface area contributed by atoms with Crippen LogP contribution in [0, 0.1) is 13.8 Å². The molecule has 0 unspecified atom stereocenters. The monoisotopic (exact) mass is 418 g/mol. The molecule has 3 heterocycles. The molecule has 0 fully saturated rings. The Labute approximate surface area is 182 Å². The van der Waals surface area contributed by atoms with E-state index in [0.717, 1.165) is 59.7 Å². The van der Waals surface area contributed by atoms with Gasteiger partial charge in [0.2, 0.25) is 0 Å². The Bertz CT molecular complexity index is 1250. The smallest absolute Gasteiger partial charge is 0.256 e. The molecule has 0 atom stereocenters. The summed E-state index contributed by atoms with van der Waals surface area (Å²) in [5, 5.41) is 9.41. The van der Waals surface area contributed by atoms with Gasteiger partial charge >= 0.3 is 0 Å². The first kappa shape index (κ1) is 21.1. The summed E-state index contributed by atoms with van der Waals surface area (Å²) < 4.78 is 4.00. The molecule has 7 nitrogen and oxygen atoms in total. The zero-order valence-corrected chi connectivity index (χ0v) is 18.9. The van der Waals surface area contributed by atoms with Gasteiger partial charge in [-0.1, -0.05) is 13.8 Å². The Hall–Kier alpha value is -3.19. The molecule has 0 radical (unpaired) electrons. The predicted molar refractivity (Wildman–Crippen MR) is 126 cm³/mol. The van der Waals surface area contributed by atoms with Crippen molar-refractivity contribution >= 4 is 33.5 Å². The molecule has 0 bridgehead atoms. The van der Waals surface area contributed by atoms with Crippen LogP contribution >= 0.6 is 0 Å². The predicted octanol–water partition coefficient (Wildman–Crippen LogP) is 4.13. The number of benzene rings is 1. The highest BCUT2D eigenvalue weighted by Gasteiger charge is 2.18. The summed E-state index contributed by atoms with van der Waals surface area (Å²) in [6.45, 7) is 12.3. The quantitative estimate of drug-likeness (QED) is 0.490. The number of amides is 1. The minimum Gasteiger partial charge on any atom is -0.346 e. The summed E-state index contributed by atoms with van der Waals surface area (Å²) in [6.07, 6.45) is 2.12. The van der Waals surface area contributed by atoms with Gasteiger partial charge in [-0.05, 0) is 57.3 Å². The lowest BCUT2D eigenvalue weighted by Crippen LogP contribution is -2.26. The average molecular weight is 419 g/mol. The van der Waals surface area contributed by atoms with Gasteiger partial charge in [-0.15, -0.1) is 0 Å². The third-order valence-electron chi connectivity index (χ3n) is 5.92. The van der Waals surface area contributed by atoms with E-state index in [1.165, 1.54) is 5.52 Å². The molecule has 0 aliphatic carbocycles. The summed E-state index contributed by atoms with van der Waals surface area (Å²) in [5.74, 6) is -0.146. The van der Waals surface area contributed by atoms with Crippen molar-refractivity contribution in [2.45, 2.75) is 34.2 Å². The van der Waals surface area contributed by atoms with Crippen molar-refractivity contribution in [3.8, 4) is 0 Å². The van der Waals surface area contributed by atoms with Gasteiger partial charge in [-0.3, -0.25) is 9.48 Å². The second-order valence-electron chi connectivity index (χ2n) is 7.98. The summed E-state index contributed by atoms with van der Waals surface area (Å²) in [4.78, 5) is 20.1. The standard InChI is InChI=1S/C24H30N6O/c1-6-29(7-2)12-13-30-11-10-18-15-19(8-9-21(18)30)26-24(31)20-14-16(3)25-23-22(20)17(4)27-28(23)5/h8-11,14-15H,6-7,12-13H2,1-5H3,(H,26,31). The molecule has 7 heteroatoms.